The van der Waals surface area contributed by atoms with Gasteiger partial charge in [-0.2, -0.15) is 0 Å². The quantitative estimate of drug-likeness (QED) is 0.821. The number of carboxylic acid groups (broad SMARTS) is 1. The van der Waals surface area contributed by atoms with E-state index in [1.165, 1.54) is 10.5 Å². The summed E-state index contributed by atoms with van der Waals surface area (Å²) in [6.45, 7) is 1.77. The number of carbonyl (C=O) groups excluding carboxylic acids is 1. The molecule has 4 heteroatoms. The zero-order valence-corrected chi connectivity index (χ0v) is 11.5. The second-order valence-corrected chi connectivity index (χ2v) is 4.61. The number of likely N-dealkylation sites (N-methyl/N-ethyl adjacent to an activating group) is 1. The topological polar surface area (TPSA) is 57.6 Å². The van der Waals surface area contributed by atoms with Gasteiger partial charge in [-0.1, -0.05) is 37.3 Å². The molecule has 1 aromatic carbocycles. The highest BCUT2D eigenvalue weighted by Gasteiger charge is 2.23. The van der Waals surface area contributed by atoms with Crippen molar-refractivity contribution in [1.82, 2.24) is 4.90 Å². The highest BCUT2D eigenvalue weighted by atomic mass is 16.4. The van der Waals surface area contributed by atoms with Crippen molar-refractivity contribution in [2.75, 3.05) is 7.05 Å². The largest absolute Gasteiger partial charge is 0.480 e. The Bertz CT molecular complexity index is 417. The van der Waals surface area contributed by atoms with Gasteiger partial charge in [-0.25, -0.2) is 4.79 Å². The van der Waals surface area contributed by atoms with E-state index in [0.29, 0.717) is 12.8 Å². The van der Waals surface area contributed by atoms with Crippen LogP contribution in [0.5, 0.6) is 0 Å². The van der Waals surface area contributed by atoms with Gasteiger partial charge in [-0.05, 0) is 24.8 Å². The molecule has 19 heavy (non-hydrogen) atoms. The first-order valence-electron chi connectivity index (χ1n) is 6.58. The monoisotopic (exact) mass is 263 g/mol. The predicted octanol–water partition coefficient (Wildman–Crippen LogP) is 2.33. The SMILES string of the molecule is CCC(C(=O)O)N(C)C(=O)CCCc1ccccc1. The molecule has 0 aliphatic heterocycles. The average molecular weight is 263 g/mol. The van der Waals surface area contributed by atoms with Crippen molar-refractivity contribution in [1.29, 1.82) is 0 Å². The van der Waals surface area contributed by atoms with E-state index in [2.05, 4.69) is 0 Å². The van der Waals surface area contributed by atoms with Crippen molar-refractivity contribution in [3.63, 3.8) is 0 Å². The molecule has 0 aliphatic rings. The molecule has 0 saturated heterocycles. The second-order valence-electron chi connectivity index (χ2n) is 4.61. The fourth-order valence-electron chi connectivity index (χ4n) is 2.05. The summed E-state index contributed by atoms with van der Waals surface area (Å²) in [6, 6.07) is 9.24. The Kier molecular flexibility index (Phi) is 6.06. The van der Waals surface area contributed by atoms with Crippen LogP contribution in [0.15, 0.2) is 30.3 Å². The van der Waals surface area contributed by atoms with Crippen molar-refractivity contribution in [2.24, 2.45) is 0 Å². The third kappa shape index (κ3) is 4.73. The minimum absolute atomic E-state index is 0.106. The molecule has 0 aromatic heterocycles. The van der Waals surface area contributed by atoms with Crippen molar-refractivity contribution >= 4 is 11.9 Å². The molecule has 0 heterocycles. The molecular weight excluding hydrogens is 242 g/mol. The van der Waals surface area contributed by atoms with Crippen LogP contribution in [0.3, 0.4) is 0 Å². The van der Waals surface area contributed by atoms with E-state index in [0.717, 1.165) is 12.8 Å². The van der Waals surface area contributed by atoms with Gasteiger partial charge in [0.05, 0.1) is 0 Å². The summed E-state index contributed by atoms with van der Waals surface area (Å²) in [7, 11) is 1.56. The van der Waals surface area contributed by atoms with E-state index < -0.39 is 12.0 Å². The van der Waals surface area contributed by atoms with Crippen LogP contribution < -0.4 is 0 Å². The molecule has 1 rings (SSSR count). The Morgan fingerprint density at radius 2 is 1.89 bits per heavy atom. The van der Waals surface area contributed by atoms with Crippen LogP contribution >= 0.6 is 0 Å². The van der Waals surface area contributed by atoms with Crippen LogP contribution in [-0.4, -0.2) is 35.0 Å². The van der Waals surface area contributed by atoms with Gasteiger partial charge in [-0.15, -0.1) is 0 Å². The molecule has 0 aliphatic carbocycles. The van der Waals surface area contributed by atoms with Gasteiger partial charge in [-0.3, -0.25) is 4.79 Å². The Balaban J connectivity index is 2.40. The molecule has 0 radical (unpaired) electrons. The Hall–Kier alpha value is -1.84. The molecule has 1 N–H and O–H groups in total. The van der Waals surface area contributed by atoms with Crippen molar-refractivity contribution < 1.29 is 14.7 Å². The minimum atomic E-state index is -0.943. The fraction of sp³-hybridized carbons (Fsp3) is 0.467. The fourth-order valence-corrected chi connectivity index (χ4v) is 2.05. The Labute approximate surface area is 114 Å². The van der Waals surface area contributed by atoms with E-state index in [4.69, 9.17) is 5.11 Å². The number of aliphatic carboxylic acids is 1. The third-order valence-electron chi connectivity index (χ3n) is 3.23. The van der Waals surface area contributed by atoms with Gasteiger partial charge in [0.25, 0.3) is 0 Å². The van der Waals surface area contributed by atoms with Crippen molar-refractivity contribution in [3.05, 3.63) is 35.9 Å². The number of benzene rings is 1. The molecule has 1 unspecified atom stereocenters. The number of carboxylic acids is 1. The zero-order valence-electron chi connectivity index (χ0n) is 11.5. The maximum atomic E-state index is 11.9. The molecule has 0 saturated carbocycles. The van der Waals surface area contributed by atoms with Crippen LogP contribution in [0.4, 0.5) is 0 Å². The maximum Gasteiger partial charge on any atom is 0.326 e. The Morgan fingerprint density at radius 3 is 2.42 bits per heavy atom. The number of rotatable bonds is 7. The smallest absolute Gasteiger partial charge is 0.326 e. The normalized spacial score (nSPS) is 11.9. The molecular formula is C15H21NO3. The van der Waals surface area contributed by atoms with E-state index in [9.17, 15) is 9.59 Å². The first-order chi connectivity index (χ1) is 9.06. The summed E-state index contributed by atoms with van der Waals surface area (Å²) in [5, 5.41) is 9.00. The molecule has 1 aromatic rings. The summed E-state index contributed by atoms with van der Waals surface area (Å²) < 4.78 is 0. The number of hydrogen-bond donors (Lipinski definition) is 1. The molecule has 0 bridgehead atoms. The van der Waals surface area contributed by atoms with E-state index in [-0.39, 0.29) is 5.91 Å². The number of hydrogen-bond acceptors (Lipinski definition) is 2. The van der Waals surface area contributed by atoms with Crippen LogP contribution in [0, 0.1) is 0 Å². The molecule has 4 nitrogen and oxygen atoms in total. The van der Waals surface area contributed by atoms with Crippen molar-refractivity contribution in [3.8, 4) is 0 Å². The molecule has 1 atom stereocenters. The lowest BCUT2D eigenvalue weighted by atomic mass is 10.1. The summed E-state index contributed by atoms with van der Waals surface area (Å²) >= 11 is 0. The maximum absolute atomic E-state index is 11.9. The van der Waals surface area contributed by atoms with Gasteiger partial charge in [0.2, 0.25) is 5.91 Å². The minimum Gasteiger partial charge on any atom is -0.480 e. The van der Waals surface area contributed by atoms with Gasteiger partial charge >= 0.3 is 5.97 Å². The second kappa shape index (κ2) is 7.56. The lowest BCUT2D eigenvalue weighted by molar-refractivity contribution is -0.149. The van der Waals surface area contributed by atoms with Gasteiger partial charge in [0.15, 0.2) is 0 Å². The molecule has 1 amide bonds. The lowest BCUT2D eigenvalue weighted by Gasteiger charge is -2.23. The highest BCUT2D eigenvalue weighted by molar-refractivity contribution is 5.83. The number of nitrogens with zero attached hydrogens (tertiary/aromatic N) is 1. The predicted molar refractivity (Wildman–Crippen MR) is 73.9 cm³/mol. The van der Waals surface area contributed by atoms with E-state index in [1.54, 1.807) is 14.0 Å². The van der Waals surface area contributed by atoms with Crippen LogP contribution in [0.2, 0.25) is 0 Å². The van der Waals surface area contributed by atoms with Gasteiger partial charge < -0.3 is 10.0 Å². The summed E-state index contributed by atoms with van der Waals surface area (Å²) in [5.74, 6) is -1.05. The average Bonchev–Trinajstić information content (AvgIpc) is 2.40. The molecule has 104 valence electrons. The lowest BCUT2D eigenvalue weighted by Crippen LogP contribution is -2.41. The first-order valence-corrected chi connectivity index (χ1v) is 6.58. The van der Waals surface area contributed by atoms with E-state index >= 15 is 0 Å². The van der Waals surface area contributed by atoms with Gasteiger partial charge in [0.1, 0.15) is 6.04 Å². The van der Waals surface area contributed by atoms with E-state index in [1.807, 2.05) is 30.3 Å². The summed E-state index contributed by atoms with van der Waals surface area (Å²) in [4.78, 5) is 24.2. The van der Waals surface area contributed by atoms with Crippen molar-refractivity contribution in [2.45, 2.75) is 38.6 Å². The number of carbonyl (C=O) groups is 2. The highest BCUT2D eigenvalue weighted by Crippen LogP contribution is 2.09. The molecule has 0 spiro atoms. The van der Waals surface area contributed by atoms with Crippen LogP contribution in [0.25, 0.3) is 0 Å². The zero-order chi connectivity index (χ0) is 14.3. The van der Waals surface area contributed by atoms with Crippen LogP contribution in [0.1, 0.15) is 31.7 Å². The summed E-state index contributed by atoms with van der Waals surface area (Å²) in [6.07, 6.45) is 2.39. The summed E-state index contributed by atoms with van der Waals surface area (Å²) in [5.41, 5.74) is 1.20. The Morgan fingerprint density at radius 1 is 1.26 bits per heavy atom. The van der Waals surface area contributed by atoms with Gasteiger partial charge in [0, 0.05) is 13.5 Å². The third-order valence-corrected chi connectivity index (χ3v) is 3.23. The first kappa shape index (κ1) is 15.2. The molecule has 0 fully saturated rings. The number of aryl methyl sites for hydroxylation is 1. The standard InChI is InChI=1S/C15H21NO3/c1-3-13(15(18)19)16(2)14(17)11-7-10-12-8-5-4-6-9-12/h4-6,8-9,13H,3,7,10-11H2,1-2H3,(H,18,19). The van der Waals surface area contributed by atoms with Crippen LogP contribution in [-0.2, 0) is 16.0 Å². The number of amides is 1.